The summed E-state index contributed by atoms with van der Waals surface area (Å²) in [5, 5.41) is 8.09. The van der Waals surface area contributed by atoms with E-state index in [0.29, 0.717) is 0 Å². The molecular weight excluding hydrogens is 278 g/mol. The van der Waals surface area contributed by atoms with Crippen LogP contribution in [0.2, 0.25) is 0 Å². The molecule has 2 aromatic rings. The van der Waals surface area contributed by atoms with Crippen molar-refractivity contribution < 1.29 is 4.74 Å². The minimum atomic E-state index is 0.785. The third-order valence-electron chi connectivity index (χ3n) is 3.98. The summed E-state index contributed by atoms with van der Waals surface area (Å²) < 4.78 is 7.44. The fourth-order valence-electron chi connectivity index (χ4n) is 2.90. The summed E-state index contributed by atoms with van der Waals surface area (Å²) in [6, 6.07) is 4.05. The maximum atomic E-state index is 5.45. The predicted octanol–water partition coefficient (Wildman–Crippen LogP) is 1.25. The quantitative estimate of drug-likeness (QED) is 0.901. The number of ether oxygens (including phenoxy) is 1. The Morgan fingerprint density at radius 2 is 2.09 bits per heavy atom. The number of anilines is 1. The van der Waals surface area contributed by atoms with Crippen molar-refractivity contribution >= 4 is 5.82 Å². The Balaban J connectivity index is 1.69. The van der Waals surface area contributed by atoms with Crippen molar-refractivity contribution in [2.24, 2.45) is 7.05 Å². The van der Waals surface area contributed by atoms with E-state index in [0.717, 1.165) is 45.1 Å². The second-order valence-electron chi connectivity index (χ2n) is 5.58. The van der Waals surface area contributed by atoms with Crippen LogP contribution in [-0.2, 0) is 24.9 Å². The molecule has 0 aromatic carbocycles. The highest BCUT2D eigenvalue weighted by Crippen LogP contribution is 2.24. The zero-order valence-electron chi connectivity index (χ0n) is 13.2. The van der Waals surface area contributed by atoms with Gasteiger partial charge in [-0.25, -0.2) is 0 Å². The lowest BCUT2D eigenvalue weighted by molar-refractivity contribution is 0.122. The van der Waals surface area contributed by atoms with Crippen molar-refractivity contribution in [2.45, 2.75) is 20.0 Å². The van der Waals surface area contributed by atoms with Crippen LogP contribution in [0, 0.1) is 6.92 Å². The number of rotatable bonds is 5. The van der Waals surface area contributed by atoms with Crippen LogP contribution in [0.25, 0.3) is 0 Å². The van der Waals surface area contributed by atoms with Crippen molar-refractivity contribution in [3.05, 3.63) is 41.3 Å². The highest BCUT2D eigenvalue weighted by Gasteiger charge is 2.20. The summed E-state index contributed by atoms with van der Waals surface area (Å²) in [6.45, 7) is 7.11. The van der Waals surface area contributed by atoms with Gasteiger partial charge in [0, 0.05) is 51.2 Å². The number of hydrogen-bond donors (Lipinski definition) is 1. The summed E-state index contributed by atoms with van der Waals surface area (Å²) >= 11 is 0. The standard InChI is InChI=1S/C16H23N5O/c1-13-15(12-18-11-14-4-3-5-17-10-14)16(20(2)19-13)21-6-8-22-9-7-21/h3-5,10,18H,6-9,11-12H2,1-2H3. The molecule has 3 heterocycles. The van der Waals surface area contributed by atoms with Crippen LogP contribution in [0.3, 0.4) is 0 Å². The van der Waals surface area contributed by atoms with Crippen LogP contribution in [-0.4, -0.2) is 41.1 Å². The van der Waals surface area contributed by atoms with Crippen LogP contribution in [0.15, 0.2) is 24.5 Å². The first-order valence-corrected chi connectivity index (χ1v) is 7.70. The lowest BCUT2D eigenvalue weighted by atomic mass is 10.2. The first kappa shape index (κ1) is 15.0. The molecule has 1 saturated heterocycles. The average molecular weight is 301 g/mol. The van der Waals surface area contributed by atoms with Crippen molar-refractivity contribution in [3.63, 3.8) is 0 Å². The molecule has 0 aliphatic carbocycles. The van der Waals surface area contributed by atoms with Gasteiger partial charge in [-0.15, -0.1) is 0 Å². The number of aryl methyl sites for hydroxylation is 2. The predicted molar refractivity (Wildman–Crippen MR) is 85.8 cm³/mol. The number of pyridine rings is 1. The Morgan fingerprint density at radius 1 is 1.27 bits per heavy atom. The maximum Gasteiger partial charge on any atom is 0.131 e. The van der Waals surface area contributed by atoms with Gasteiger partial charge in [-0.2, -0.15) is 5.10 Å². The Kier molecular flexibility index (Phi) is 4.70. The molecule has 0 atom stereocenters. The van der Waals surface area contributed by atoms with E-state index in [1.807, 2.05) is 24.0 Å². The normalized spacial score (nSPS) is 15.3. The summed E-state index contributed by atoms with van der Waals surface area (Å²) in [6.07, 6.45) is 3.69. The van der Waals surface area contributed by atoms with E-state index in [1.54, 1.807) is 6.20 Å². The highest BCUT2D eigenvalue weighted by molar-refractivity contribution is 5.50. The van der Waals surface area contributed by atoms with E-state index in [2.05, 4.69) is 33.3 Å². The molecule has 0 amide bonds. The van der Waals surface area contributed by atoms with Crippen LogP contribution in [0.5, 0.6) is 0 Å². The van der Waals surface area contributed by atoms with E-state index < -0.39 is 0 Å². The van der Waals surface area contributed by atoms with Crippen LogP contribution < -0.4 is 10.2 Å². The van der Waals surface area contributed by atoms with Gasteiger partial charge >= 0.3 is 0 Å². The van der Waals surface area contributed by atoms with Gasteiger partial charge in [-0.1, -0.05) is 6.07 Å². The smallest absolute Gasteiger partial charge is 0.131 e. The Morgan fingerprint density at radius 3 is 2.82 bits per heavy atom. The molecular formula is C16H23N5O. The van der Waals surface area contributed by atoms with Crippen LogP contribution >= 0.6 is 0 Å². The number of aromatic nitrogens is 3. The second kappa shape index (κ2) is 6.89. The van der Waals surface area contributed by atoms with E-state index in [1.165, 1.54) is 16.9 Å². The Bertz CT molecular complexity index is 604. The summed E-state index contributed by atoms with van der Waals surface area (Å²) in [7, 11) is 2.02. The second-order valence-corrected chi connectivity index (χ2v) is 5.58. The monoisotopic (exact) mass is 301 g/mol. The molecule has 1 aliphatic heterocycles. The molecule has 1 aliphatic rings. The Labute approximate surface area is 131 Å². The topological polar surface area (TPSA) is 55.2 Å². The third-order valence-corrected chi connectivity index (χ3v) is 3.98. The van der Waals surface area contributed by atoms with E-state index in [-0.39, 0.29) is 0 Å². The van der Waals surface area contributed by atoms with Gasteiger partial charge in [0.1, 0.15) is 5.82 Å². The van der Waals surface area contributed by atoms with Gasteiger partial charge in [-0.05, 0) is 18.6 Å². The van der Waals surface area contributed by atoms with E-state index in [4.69, 9.17) is 4.74 Å². The molecule has 0 spiro atoms. The van der Waals surface area contributed by atoms with Crippen molar-refractivity contribution in [2.75, 3.05) is 31.2 Å². The molecule has 1 fully saturated rings. The lowest BCUT2D eigenvalue weighted by Crippen LogP contribution is -2.38. The Hall–Kier alpha value is -1.92. The van der Waals surface area contributed by atoms with Gasteiger partial charge in [0.2, 0.25) is 0 Å². The molecule has 22 heavy (non-hydrogen) atoms. The minimum absolute atomic E-state index is 0.785. The molecule has 0 unspecified atom stereocenters. The molecule has 0 saturated carbocycles. The number of hydrogen-bond acceptors (Lipinski definition) is 5. The van der Waals surface area contributed by atoms with Gasteiger partial charge in [0.15, 0.2) is 0 Å². The number of nitrogens with zero attached hydrogens (tertiary/aromatic N) is 4. The first-order valence-electron chi connectivity index (χ1n) is 7.70. The molecule has 0 bridgehead atoms. The van der Waals surface area contributed by atoms with E-state index in [9.17, 15) is 0 Å². The molecule has 2 aromatic heterocycles. The molecule has 6 nitrogen and oxygen atoms in total. The zero-order valence-corrected chi connectivity index (χ0v) is 13.2. The third kappa shape index (κ3) is 3.28. The first-order chi connectivity index (χ1) is 10.8. The fraction of sp³-hybridized carbons (Fsp3) is 0.500. The van der Waals surface area contributed by atoms with Crippen molar-refractivity contribution in [3.8, 4) is 0 Å². The van der Waals surface area contributed by atoms with Gasteiger partial charge < -0.3 is 15.0 Å². The number of nitrogens with one attached hydrogen (secondary N) is 1. The lowest BCUT2D eigenvalue weighted by Gasteiger charge is -2.29. The summed E-state index contributed by atoms with van der Waals surface area (Å²) in [5.41, 5.74) is 3.55. The van der Waals surface area contributed by atoms with Gasteiger partial charge in [0.05, 0.1) is 18.9 Å². The zero-order chi connectivity index (χ0) is 15.4. The summed E-state index contributed by atoms with van der Waals surface area (Å²) in [5.74, 6) is 1.21. The SMILES string of the molecule is Cc1nn(C)c(N2CCOCC2)c1CNCc1cccnc1. The molecule has 3 rings (SSSR count). The van der Waals surface area contributed by atoms with E-state index >= 15 is 0 Å². The maximum absolute atomic E-state index is 5.45. The fourth-order valence-corrected chi connectivity index (χ4v) is 2.90. The van der Waals surface area contributed by atoms with Crippen molar-refractivity contribution in [1.82, 2.24) is 20.1 Å². The minimum Gasteiger partial charge on any atom is -0.378 e. The highest BCUT2D eigenvalue weighted by atomic mass is 16.5. The summed E-state index contributed by atoms with van der Waals surface area (Å²) in [4.78, 5) is 6.51. The molecule has 0 radical (unpaired) electrons. The molecule has 6 heteroatoms. The average Bonchev–Trinajstić information content (AvgIpc) is 2.83. The largest absolute Gasteiger partial charge is 0.378 e. The van der Waals surface area contributed by atoms with Crippen LogP contribution in [0.4, 0.5) is 5.82 Å². The van der Waals surface area contributed by atoms with Crippen LogP contribution in [0.1, 0.15) is 16.8 Å². The number of morpholine rings is 1. The van der Waals surface area contributed by atoms with Crippen molar-refractivity contribution in [1.29, 1.82) is 0 Å². The van der Waals surface area contributed by atoms with Gasteiger partial charge in [-0.3, -0.25) is 9.67 Å². The van der Waals surface area contributed by atoms with Gasteiger partial charge in [0.25, 0.3) is 0 Å². The molecule has 1 N–H and O–H groups in total. The molecule has 118 valence electrons.